The number of unbranched alkanes of at least 4 members (excludes halogenated alkanes) is 15. The molecule has 0 nitrogen and oxygen atoms in total. The highest BCUT2D eigenvalue weighted by Crippen LogP contribution is 2.37. The second kappa shape index (κ2) is 23.4. The van der Waals surface area contributed by atoms with Gasteiger partial charge in [0.1, 0.15) is 0 Å². The molecule has 0 aliphatic heterocycles. The van der Waals surface area contributed by atoms with Gasteiger partial charge in [-0.1, -0.05) is 159 Å². The first-order valence-corrected chi connectivity index (χ1v) is 13.4. The third kappa shape index (κ3) is 21.7. The van der Waals surface area contributed by atoms with Gasteiger partial charge in [-0.15, -0.1) is 0 Å². The van der Waals surface area contributed by atoms with E-state index in [9.17, 15) is 0 Å². The Balaban J connectivity index is 0. The van der Waals surface area contributed by atoms with Crippen LogP contribution in [0.25, 0.3) is 0 Å². The lowest BCUT2D eigenvalue weighted by Crippen LogP contribution is -2.20. The summed E-state index contributed by atoms with van der Waals surface area (Å²) in [5.74, 6) is 0. The molecule has 2 heteroatoms. The predicted octanol–water partition coefficient (Wildman–Crippen LogP) is 10.5. The predicted molar refractivity (Wildman–Crippen MR) is 142 cm³/mol. The van der Waals surface area contributed by atoms with Gasteiger partial charge in [0.2, 0.25) is 0 Å². The first-order valence-electron chi connectivity index (χ1n) is 12.4. The molecule has 0 spiro atoms. The molecule has 1 atom stereocenters. The normalized spacial score (nSPS) is 11.6. The van der Waals surface area contributed by atoms with Crippen LogP contribution in [0.3, 0.4) is 0 Å². The minimum absolute atomic E-state index is 0. The van der Waals surface area contributed by atoms with Gasteiger partial charge in [0.25, 0.3) is 0 Å². The maximum absolute atomic E-state index is 2.88. The van der Waals surface area contributed by atoms with Crippen molar-refractivity contribution >= 4 is 32.5 Å². The number of hydrogen-bond donors (Lipinski definition) is 0. The van der Waals surface area contributed by atoms with E-state index in [1.54, 1.807) is 0 Å². The summed E-state index contributed by atoms with van der Waals surface area (Å²) < 4.78 is 0.609. The quantitative estimate of drug-likeness (QED) is 0.0621. The third-order valence-electron chi connectivity index (χ3n) is 5.94. The molecule has 166 valence electrons. The number of alkyl halides is 1. The van der Waals surface area contributed by atoms with Gasteiger partial charge in [0.05, 0.1) is 0 Å². The highest BCUT2D eigenvalue weighted by atomic mass is 127. The Morgan fingerprint density at radius 1 is 0.407 bits per heavy atom. The second-order valence-electron chi connectivity index (χ2n) is 8.70. The minimum Gasteiger partial charge on any atom is -0.153 e. The van der Waals surface area contributed by atoms with Crippen LogP contribution in [0.1, 0.15) is 156 Å². The Kier molecular flexibility index (Phi) is 26.4. The van der Waals surface area contributed by atoms with Crippen LogP contribution in [0.4, 0.5) is 0 Å². The fraction of sp³-hybridized carbons (Fsp3) is 1.00. The Bertz CT molecular complexity index is 226. The molecule has 0 rings (SSSR count). The van der Waals surface area contributed by atoms with Crippen molar-refractivity contribution in [1.82, 2.24) is 0 Å². The summed E-state index contributed by atoms with van der Waals surface area (Å²) in [5, 5.41) is 0. The molecule has 0 aromatic heterocycles. The molecular weight excluding hydrogens is 458 g/mol. The van der Waals surface area contributed by atoms with E-state index in [-0.39, 0.29) is 9.90 Å². The molecule has 0 aromatic carbocycles. The summed E-state index contributed by atoms with van der Waals surface area (Å²) >= 11 is 2.88. The van der Waals surface area contributed by atoms with Crippen LogP contribution in [0.15, 0.2) is 0 Å². The van der Waals surface area contributed by atoms with Crippen molar-refractivity contribution in [3.8, 4) is 0 Å². The third-order valence-corrected chi connectivity index (χ3v) is 7.55. The fourth-order valence-electron chi connectivity index (χ4n) is 4.04. The fourth-order valence-corrected chi connectivity index (χ4v) is 5.19. The van der Waals surface area contributed by atoms with Gasteiger partial charge in [-0.3, -0.25) is 0 Å². The molecule has 0 radical (unpaired) electrons. The number of halogens is 1. The van der Waals surface area contributed by atoms with Crippen molar-refractivity contribution in [1.29, 1.82) is 0 Å². The maximum Gasteiger partial charge on any atom is 0.0222 e. The second-order valence-corrected chi connectivity index (χ2v) is 11.0. The van der Waals surface area contributed by atoms with Crippen molar-refractivity contribution < 1.29 is 0 Å². The lowest BCUT2D eigenvalue weighted by Gasteiger charge is -2.28. The van der Waals surface area contributed by atoms with E-state index < -0.39 is 0 Å². The summed E-state index contributed by atoms with van der Waals surface area (Å²) in [5.41, 5.74) is 0. The average molecular weight is 513 g/mol. The zero-order valence-electron chi connectivity index (χ0n) is 19.4. The SMILES string of the molecule is CCCCCCCCC(I)(CCCCCCCC)CCCCCCCC.P. The van der Waals surface area contributed by atoms with Crippen LogP contribution < -0.4 is 0 Å². The average Bonchev–Trinajstić information content (AvgIpc) is 2.64. The van der Waals surface area contributed by atoms with Crippen LogP contribution in [-0.4, -0.2) is 3.42 Å². The number of hydrogen-bond acceptors (Lipinski definition) is 0. The molecule has 0 aromatic rings. The van der Waals surface area contributed by atoms with E-state index in [4.69, 9.17) is 0 Å². The molecule has 27 heavy (non-hydrogen) atoms. The molecule has 0 fully saturated rings. The summed E-state index contributed by atoms with van der Waals surface area (Å²) in [6.45, 7) is 6.95. The standard InChI is InChI=1S/C25H51I.H3P/c1-4-7-10-13-16-19-22-25(26,23-20-17-14-11-8-5-2)24-21-18-15-12-9-6-3;/h4-24H2,1-3H3;1H3. The van der Waals surface area contributed by atoms with Crippen LogP contribution >= 0.6 is 32.5 Å². The molecule has 0 saturated carbocycles. The maximum atomic E-state index is 2.88. The summed E-state index contributed by atoms with van der Waals surface area (Å²) in [6.07, 6.45) is 30.4. The zero-order chi connectivity index (χ0) is 19.3. The Morgan fingerprint density at radius 2 is 0.630 bits per heavy atom. The first-order chi connectivity index (χ1) is 12.7. The summed E-state index contributed by atoms with van der Waals surface area (Å²) in [6, 6.07) is 0. The molecule has 0 amide bonds. The molecule has 0 N–H and O–H groups in total. The van der Waals surface area contributed by atoms with Crippen molar-refractivity contribution in [3.05, 3.63) is 0 Å². The Morgan fingerprint density at radius 3 is 0.889 bits per heavy atom. The molecule has 0 bridgehead atoms. The Labute approximate surface area is 191 Å². The molecule has 0 aliphatic carbocycles. The van der Waals surface area contributed by atoms with Gasteiger partial charge >= 0.3 is 0 Å². The van der Waals surface area contributed by atoms with Gasteiger partial charge < -0.3 is 0 Å². The molecule has 0 heterocycles. The molecule has 0 saturated heterocycles. The van der Waals surface area contributed by atoms with E-state index in [0.717, 1.165) is 0 Å². The van der Waals surface area contributed by atoms with Crippen molar-refractivity contribution in [2.75, 3.05) is 0 Å². The largest absolute Gasteiger partial charge is 0.153 e. The summed E-state index contributed by atoms with van der Waals surface area (Å²) in [4.78, 5) is 0. The lowest BCUT2D eigenvalue weighted by atomic mass is 9.89. The molecule has 0 aliphatic rings. The minimum atomic E-state index is 0. The van der Waals surface area contributed by atoms with Crippen LogP contribution in [-0.2, 0) is 0 Å². The lowest BCUT2D eigenvalue weighted by molar-refractivity contribution is 0.420. The van der Waals surface area contributed by atoms with Crippen molar-refractivity contribution in [3.63, 3.8) is 0 Å². The van der Waals surface area contributed by atoms with E-state index in [2.05, 4.69) is 43.4 Å². The van der Waals surface area contributed by atoms with E-state index in [1.807, 2.05) is 0 Å². The topological polar surface area (TPSA) is 0 Å². The highest BCUT2D eigenvalue weighted by Gasteiger charge is 2.24. The monoisotopic (exact) mass is 512 g/mol. The number of rotatable bonds is 21. The first kappa shape index (κ1) is 30.4. The van der Waals surface area contributed by atoms with Crippen molar-refractivity contribution in [2.24, 2.45) is 0 Å². The van der Waals surface area contributed by atoms with E-state index in [0.29, 0.717) is 3.42 Å². The van der Waals surface area contributed by atoms with Crippen molar-refractivity contribution in [2.45, 2.75) is 159 Å². The highest BCUT2D eigenvalue weighted by molar-refractivity contribution is 14.1. The van der Waals surface area contributed by atoms with Gasteiger partial charge in [-0.05, 0) is 19.3 Å². The van der Waals surface area contributed by atoms with Gasteiger partial charge in [-0.2, -0.15) is 9.90 Å². The smallest absolute Gasteiger partial charge is 0.0222 e. The van der Waals surface area contributed by atoms with Crippen LogP contribution in [0, 0.1) is 0 Å². The van der Waals surface area contributed by atoms with Crippen LogP contribution in [0.2, 0.25) is 0 Å². The molecular formula is C25H54IP. The van der Waals surface area contributed by atoms with E-state index >= 15 is 0 Å². The summed E-state index contributed by atoms with van der Waals surface area (Å²) in [7, 11) is 0. The molecule has 1 unspecified atom stereocenters. The van der Waals surface area contributed by atoms with Crippen LogP contribution in [0.5, 0.6) is 0 Å². The van der Waals surface area contributed by atoms with E-state index in [1.165, 1.54) is 135 Å². The zero-order valence-corrected chi connectivity index (χ0v) is 23.0. The van der Waals surface area contributed by atoms with Gasteiger partial charge in [0.15, 0.2) is 0 Å². The van der Waals surface area contributed by atoms with Gasteiger partial charge in [0, 0.05) is 3.42 Å². The van der Waals surface area contributed by atoms with Gasteiger partial charge in [-0.25, -0.2) is 0 Å². The Hall–Kier alpha value is 1.16.